The molecule has 0 saturated carbocycles. The molecule has 0 amide bonds. The first kappa shape index (κ1) is 30.4. The first-order valence-corrected chi connectivity index (χ1v) is 19.0. The molecule has 0 aliphatic heterocycles. The smallest absolute Gasteiger partial charge is 0.164 e. The summed E-state index contributed by atoms with van der Waals surface area (Å²) in [6.45, 7) is 4.80. The minimum absolute atomic E-state index is 0.189. The molecule has 11 rings (SSSR count). The van der Waals surface area contributed by atoms with Gasteiger partial charge in [0, 0.05) is 42.3 Å². The Labute approximate surface area is 312 Å². The van der Waals surface area contributed by atoms with E-state index < -0.39 is 5.41 Å². The molecule has 3 nitrogen and oxygen atoms in total. The normalized spacial score (nSPS) is 14.5. The van der Waals surface area contributed by atoms with Crippen LogP contribution in [0.4, 0.5) is 0 Å². The van der Waals surface area contributed by atoms with Crippen LogP contribution >= 0.6 is 11.3 Å². The van der Waals surface area contributed by atoms with Gasteiger partial charge in [-0.3, -0.25) is 0 Å². The topological polar surface area (TPSA) is 38.7 Å². The van der Waals surface area contributed by atoms with Gasteiger partial charge in [0.1, 0.15) is 0 Å². The quantitative estimate of drug-likeness (QED) is 0.185. The second-order valence-electron chi connectivity index (χ2n) is 14.8. The lowest BCUT2D eigenvalue weighted by molar-refractivity contribution is 0.564. The summed E-state index contributed by atoms with van der Waals surface area (Å²) in [5, 5.41) is 2.49. The number of nitrogens with zero attached hydrogens (tertiary/aromatic N) is 3. The maximum atomic E-state index is 5.07. The van der Waals surface area contributed by atoms with Gasteiger partial charge in [-0.2, -0.15) is 0 Å². The Hall–Kier alpha value is -6.23. The van der Waals surface area contributed by atoms with Crippen molar-refractivity contribution in [1.29, 1.82) is 0 Å². The van der Waals surface area contributed by atoms with Gasteiger partial charge in [0.05, 0.1) is 5.41 Å². The molecular formula is C49H33N3S. The molecule has 0 saturated heterocycles. The van der Waals surface area contributed by atoms with Gasteiger partial charge in [0.25, 0.3) is 0 Å². The number of benzene rings is 7. The molecule has 2 aliphatic rings. The Balaban J connectivity index is 1.18. The molecule has 4 heteroatoms. The molecule has 0 fully saturated rings. The lowest BCUT2D eigenvalue weighted by Crippen LogP contribution is -2.40. The highest BCUT2D eigenvalue weighted by Crippen LogP contribution is 2.62. The van der Waals surface area contributed by atoms with Gasteiger partial charge in [0.2, 0.25) is 0 Å². The van der Waals surface area contributed by atoms with Crippen molar-refractivity contribution >= 4 is 31.5 Å². The minimum Gasteiger partial charge on any atom is -0.208 e. The van der Waals surface area contributed by atoms with E-state index in [2.05, 4.69) is 141 Å². The number of aromatic nitrogens is 3. The van der Waals surface area contributed by atoms with Crippen LogP contribution in [0.2, 0.25) is 0 Å². The average Bonchev–Trinajstić information content (AvgIpc) is 3.73. The summed E-state index contributed by atoms with van der Waals surface area (Å²) in [5.41, 5.74) is 13.2. The Morgan fingerprint density at radius 1 is 0.377 bits per heavy atom. The van der Waals surface area contributed by atoms with Gasteiger partial charge in [-0.05, 0) is 74.8 Å². The predicted octanol–water partition coefficient (Wildman–Crippen LogP) is 12.2. The maximum Gasteiger partial charge on any atom is 0.164 e. The lowest BCUT2D eigenvalue weighted by atomic mass is 9.55. The molecule has 250 valence electrons. The Kier molecular flexibility index (Phi) is 6.39. The van der Waals surface area contributed by atoms with E-state index in [-0.39, 0.29) is 5.41 Å². The average molecular weight is 696 g/mol. The molecule has 53 heavy (non-hydrogen) atoms. The van der Waals surface area contributed by atoms with Crippen LogP contribution in [0.25, 0.3) is 65.5 Å². The summed E-state index contributed by atoms with van der Waals surface area (Å²) in [6.07, 6.45) is 0. The molecule has 0 radical (unpaired) electrons. The van der Waals surface area contributed by atoms with Crippen molar-refractivity contribution in [3.8, 4) is 45.3 Å². The van der Waals surface area contributed by atoms with E-state index in [1.54, 1.807) is 0 Å². The van der Waals surface area contributed by atoms with E-state index in [9.17, 15) is 0 Å². The van der Waals surface area contributed by atoms with Gasteiger partial charge in [-0.1, -0.05) is 147 Å². The number of hydrogen-bond acceptors (Lipinski definition) is 4. The summed E-state index contributed by atoms with van der Waals surface area (Å²) in [6, 6.07) is 59.4. The van der Waals surface area contributed by atoms with Crippen molar-refractivity contribution in [1.82, 2.24) is 15.0 Å². The van der Waals surface area contributed by atoms with Crippen molar-refractivity contribution in [3.63, 3.8) is 0 Å². The highest BCUT2D eigenvalue weighted by molar-refractivity contribution is 7.25. The van der Waals surface area contributed by atoms with Crippen LogP contribution < -0.4 is 0 Å². The minimum atomic E-state index is -0.432. The maximum absolute atomic E-state index is 5.07. The van der Waals surface area contributed by atoms with Crippen LogP contribution in [-0.2, 0) is 10.8 Å². The van der Waals surface area contributed by atoms with Crippen LogP contribution in [0.5, 0.6) is 0 Å². The molecule has 7 aromatic carbocycles. The molecule has 9 aromatic rings. The Bertz CT molecular complexity index is 2820. The first-order chi connectivity index (χ1) is 26.0. The van der Waals surface area contributed by atoms with Gasteiger partial charge in [-0.15, -0.1) is 11.3 Å². The standard InChI is InChI=1S/C49H33N3S/c1-48(2)39-23-13-14-24-40(39)49(37-21-11-9-19-33(37)34-20-10-12-22-38(34)49)42-28-36-35-27-32(25-26-43(35)53-44(36)29-41(42)48)47-51-45(30-15-5-3-6-16-30)50-46(52-47)31-17-7-4-8-18-31/h3-29H,1-2H3. The van der Waals surface area contributed by atoms with Crippen molar-refractivity contribution in [3.05, 3.63) is 197 Å². The van der Waals surface area contributed by atoms with Crippen molar-refractivity contribution in [2.45, 2.75) is 24.7 Å². The summed E-state index contributed by atoms with van der Waals surface area (Å²) < 4.78 is 2.55. The SMILES string of the molecule is CC1(C)c2ccccc2C2(c3ccccc3-c3ccccc32)c2cc3c(cc21)sc1ccc(-c2nc(-c4ccccc4)nc(-c4ccccc4)n2)cc13. The van der Waals surface area contributed by atoms with E-state index >= 15 is 0 Å². The summed E-state index contributed by atoms with van der Waals surface area (Å²) >= 11 is 1.87. The largest absolute Gasteiger partial charge is 0.208 e. The fourth-order valence-electron chi connectivity index (χ4n) is 9.19. The van der Waals surface area contributed by atoms with Gasteiger partial charge >= 0.3 is 0 Å². The second-order valence-corrected chi connectivity index (χ2v) is 15.8. The zero-order valence-electron chi connectivity index (χ0n) is 29.3. The number of hydrogen-bond donors (Lipinski definition) is 0. The van der Waals surface area contributed by atoms with Crippen molar-refractivity contribution in [2.24, 2.45) is 0 Å². The van der Waals surface area contributed by atoms with Crippen LogP contribution in [0, 0.1) is 0 Å². The Morgan fingerprint density at radius 3 is 1.47 bits per heavy atom. The van der Waals surface area contributed by atoms with Gasteiger partial charge in [-0.25, -0.2) is 15.0 Å². The number of fused-ring (bicyclic) bond motifs is 12. The first-order valence-electron chi connectivity index (χ1n) is 18.2. The highest BCUT2D eigenvalue weighted by atomic mass is 32.1. The summed E-state index contributed by atoms with van der Waals surface area (Å²) in [4.78, 5) is 15.1. The molecule has 2 aromatic heterocycles. The van der Waals surface area contributed by atoms with E-state index in [4.69, 9.17) is 15.0 Å². The molecule has 2 aliphatic carbocycles. The Morgan fingerprint density at radius 2 is 0.868 bits per heavy atom. The van der Waals surface area contributed by atoms with E-state index in [1.807, 2.05) is 47.7 Å². The molecular weight excluding hydrogens is 663 g/mol. The van der Waals surface area contributed by atoms with Crippen LogP contribution in [-0.4, -0.2) is 15.0 Å². The van der Waals surface area contributed by atoms with Crippen molar-refractivity contribution < 1.29 is 0 Å². The van der Waals surface area contributed by atoms with Crippen molar-refractivity contribution in [2.75, 3.05) is 0 Å². The lowest BCUT2D eigenvalue weighted by Gasteiger charge is -2.46. The van der Waals surface area contributed by atoms with Crippen LogP contribution in [0.3, 0.4) is 0 Å². The zero-order chi connectivity index (χ0) is 35.3. The molecule has 1 spiro atoms. The van der Waals surface area contributed by atoms with Gasteiger partial charge < -0.3 is 0 Å². The second kappa shape index (κ2) is 11.1. The molecule has 0 unspecified atom stereocenters. The summed E-state index contributed by atoms with van der Waals surface area (Å²) in [5.74, 6) is 2.00. The fraction of sp³-hybridized carbons (Fsp3) is 0.0816. The van der Waals surface area contributed by atoms with Gasteiger partial charge in [0.15, 0.2) is 17.5 Å². The van der Waals surface area contributed by atoms with E-state index in [1.165, 1.54) is 64.7 Å². The number of thiophene rings is 1. The molecule has 0 bridgehead atoms. The third-order valence-electron chi connectivity index (χ3n) is 11.6. The predicted molar refractivity (Wildman–Crippen MR) is 218 cm³/mol. The molecule has 0 atom stereocenters. The van der Waals surface area contributed by atoms with E-state index in [0.717, 1.165) is 16.7 Å². The highest BCUT2D eigenvalue weighted by Gasteiger charge is 2.53. The fourth-order valence-corrected chi connectivity index (χ4v) is 10.3. The van der Waals surface area contributed by atoms with E-state index in [0.29, 0.717) is 17.5 Å². The van der Waals surface area contributed by atoms with Crippen LogP contribution in [0.1, 0.15) is 47.2 Å². The monoisotopic (exact) mass is 695 g/mol. The number of rotatable bonds is 3. The molecule has 2 heterocycles. The molecule has 0 N–H and O–H groups in total. The third kappa shape index (κ3) is 4.24. The van der Waals surface area contributed by atoms with Crippen LogP contribution in [0.15, 0.2) is 164 Å². The summed E-state index contributed by atoms with van der Waals surface area (Å²) in [7, 11) is 0. The zero-order valence-corrected chi connectivity index (χ0v) is 30.2. The third-order valence-corrected chi connectivity index (χ3v) is 12.7.